The lowest BCUT2D eigenvalue weighted by Gasteiger charge is -2.08. The Morgan fingerprint density at radius 2 is 1.86 bits per heavy atom. The Labute approximate surface area is 142 Å². The van der Waals surface area contributed by atoms with E-state index in [2.05, 4.69) is 27.9 Å². The van der Waals surface area contributed by atoms with Gasteiger partial charge < -0.3 is 15.8 Å². The molecule has 0 saturated carbocycles. The minimum Gasteiger partial charge on any atom is -0.452 e. The topological polar surface area (TPSA) is 81.4 Å². The third kappa shape index (κ3) is 4.73. The van der Waals surface area contributed by atoms with Crippen molar-refractivity contribution >= 4 is 40.2 Å². The molecule has 0 aliphatic carbocycles. The molecule has 0 unspecified atom stereocenters. The third-order valence-electron chi connectivity index (χ3n) is 2.90. The van der Waals surface area contributed by atoms with Crippen LogP contribution in [0.5, 0.6) is 0 Å². The largest absolute Gasteiger partial charge is 0.452 e. The highest BCUT2D eigenvalue weighted by Gasteiger charge is 2.13. The summed E-state index contributed by atoms with van der Waals surface area (Å²) in [5.74, 6) is -0.965. The fourth-order valence-corrected chi connectivity index (χ4v) is 2.25. The zero-order valence-corrected chi connectivity index (χ0v) is 13.9. The summed E-state index contributed by atoms with van der Waals surface area (Å²) in [6.07, 6.45) is 0. The molecule has 2 aromatic carbocycles. The Kier molecular flexibility index (Phi) is 5.76. The maximum Gasteiger partial charge on any atom is 0.340 e. The van der Waals surface area contributed by atoms with Crippen LogP contribution in [0.1, 0.15) is 15.9 Å². The first kappa shape index (κ1) is 16.3. The number of benzene rings is 2. The van der Waals surface area contributed by atoms with Gasteiger partial charge in [-0.15, -0.1) is 0 Å². The van der Waals surface area contributed by atoms with Gasteiger partial charge in [-0.25, -0.2) is 4.79 Å². The van der Waals surface area contributed by atoms with Gasteiger partial charge in [0.15, 0.2) is 6.61 Å². The van der Waals surface area contributed by atoms with Crippen molar-refractivity contribution in [2.75, 3.05) is 12.3 Å². The average Bonchev–Trinajstić information content (AvgIpc) is 2.54. The van der Waals surface area contributed by atoms with E-state index in [0.717, 1.165) is 9.13 Å². The molecule has 2 aromatic rings. The Morgan fingerprint density at radius 3 is 2.59 bits per heavy atom. The van der Waals surface area contributed by atoms with Gasteiger partial charge in [0, 0.05) is 15.8 Å². The van der Waals surface area contributed by atoms with Gasteiger partial charge in [0.25, 0.3) is 5.91 Å². The number of halogens is 1. The molecule has 5 nitrogen and oxygen atoms in total. The van der Waals surface area contributed by atoms with Crippen LogP contribution in [0.4, 0.5) is 5.69 Å². The average molecular weight is 410 g/mol. The Bertz CT molecular complexity index is 674. The first-order chi connectivity index (χ1) is 10.6. The second kappa shape index (κ2) is 7.79. The Morgan fingerprint density at radius 1 is 1.14 bits per heavy atom. The van der Waals surface area contributed by atoms with Crippen molar-refractivity contribution in [1.29, 1.82) is 0 Å². The second-order valence-corrected chi connectivity index (χ2v) is 5.82. The van der Waals surface area contributed by atoms with E-state index < -0.39 is 5.97 Å². The SMILES string of the molecule is Nc1ccc(I)cc1C(=O)OCC(=O)NCc1ccccc1. The number of hydrogen-bond donors (Lipinski definition) is 2. The van der Waals surface area contributed by atoms with E-state index in [9.17, 15) is 9.59 Å². The highest BCUT2D eigenvalue weighted by molar-refractivity contribution is 14.1. The molecule has 1 amide bonds. The number of amides is 1. The van der Waals surface area contributed by atoms with Crippen LogP contribution >= 0.6 is 22.6 Å². The van der Waals surface area contributed by atoms with Crippen LogP contribution in [-0.2, 0) is 16.1 Å². The molecule has 0 atom stereocenters. The van der Waals surface area contributed by atoms with E-state index in [-0.39, 0.29) is 18.1 Å². The summed E-state index contributed by atoms with van der Waals surface area (Å²) in [6, 6.07) is 14.5. The smallest absolute Gasteiger partial charge is 0.340 e. The van der Waals surface area contributed by atoms with Gasteiger partial charge in [0.1, 0.15) is 0 Å². The summed E-state index contributed by atoms with van der Waals surface area (Å²) in [6.45, 7) is 0.0547. The summed E-state index contributed by atoms with van der Waals surface area (Å²) in [4.78, 5) is 23.6. The minimum atomic E-state index is -0.606. The summed E-state index contributed by atoms with van der Waals surface area (Å²) < 4.78 is 5.85. The molecule has 0 aliphatic heterocycles. The zero-order chi connectivity index (χ0) is 15.9. The molecule has 2 rings (SSSR count). The number of hydrogen-bond acceptors (Lipinski definition) is 4. The molecule has 6 heteroatoms. The summed E-state index contributed by atoms with van der Waals surface area (Å²) >= 11 is 2.07. The first-order valence-electron chi connectivity index (χ1n) is 6.59. The number of nitrogens with one attached hydrogen (secondary N) is 1. The number of esters is 1. The van der Waals surface area contributed by atoms with Gasteiger partial charge in [0.2, 0.25) is 0 Å². The Hall–Kier alpha value is -2.09. The van der Waals surface area contributed by atoms with Crippen molar-refractivity contribution in [3.63, 3.8) is 0 Å². The molecule has 0 fully saturated rings. The van der Waals surface area contributed by atoms with E-state index in [1.165, 1.54) is 0 Å². The third-order valence-corrected chi connectivity index (χ3v) is 3.57. The van der Waals surface area contributed by atoms with Crippen molar-refractivity contribution in [1.82, 2.24) is 5.32 Å². The molecule has 22 heavy (non-hydrogen) atoms. The lowest BCUT2D eigenvalue weighted by molar-refractivity contribution is -0.124. The first-order valence-corrected chi connectivity index (χ1v) is 7.67. The van der Waals surface area contributed by atoms with Crippen molar-refractivity contribution in [3.05, 3.63) is 63.2 Å². The second-order valence-electron chi connectivity index (χ2n) is 4.57. The van der Waals surface area contributed by atoms with E-state index in [0.29, 0.717) is 12.2 Å². The number of nitrogens with two attached hydrogens (primary N) is 1. The van der Waals surface area contributed by atoms with Crippen LogP contribution in [0.15, 0.2) is 48.5 Å². The van der Waals surface area contributed by atoms with Crippen LogP contribution in [0, 0.1) is 3.57 Å². The number of carbonyl (C=O) groups excluding carboxylic acids is 2. The van der Waals surface area contributed by atoms with Gasteiger partial charge in [-0.1, -0.05) is 30.3 Å². The number of anilines is 1. The molecule has 0 radical (unpaired) electrons. The predicted octanol–water partition coefficient (Wildman–Crippen LogP) is 2.35. The summed E-state index contributed by atoms with van der Waals surface area (Å²) in [5.41, 5.74) is 7.30. The van der Waals surface area contributed by atoms with Gasteiger partial charge in [-0.3, -0.25) is 4.79 Å². The van der Waals surface area contributed by atoms with Gasteiger partial charge in [-0.05, 0) is 46.4 Å². The van der Waals surface area contributed by atoms with Crippen molar-refractivity contribution in [3.8, 4) is 0 Å². The van der Waals surface area contributed by atoms with Crippen LogP contribution in [-0.4, -0.2) is 18.5 Å². The lowest BCUT2D eigenvalue weighted by atomic mass is 10.2. The zero-order valence-electron chi connectivity index (χ0n) is 11.7. The standard InChI is InChI=1S/C16H15IN2O3/c17-12-6-7-14(18)13(8-12)16(21)22-10-15(20)19-9-11-4-2-1-3-5-11/h1-8H,9-10,18H2,(H,19,20). The van der Waals surface area contributed by atoms with Gasteiger partial charge >= 0.3 is 5.97 Å². The van der Waals surface area contributed by atoms with E-state index >= 15 is 0 Å². The van der Waals surface area contributed by atoms with E-state index in [4.69, 9.17) is 10.5 Å². The molecule has 0 heterocycles. The van der Waals surface area contributed by atoms with Crippen LogP contribution < -0.4 is 11.1 Å². The van der Waals surface area contributed by atoms with Crippen LogP contribution in [0.2, 0.25) is 0 Å². The Balaban J connectivity index is 1.83. The van der Waals surface area contributed by atoms with Crippen molar-refractivity contribution in [2.24, 2.45) is 0 Å². The lowest BCUT2D eigenvalue weighted by Crippen LogP contribution is -2.28. The van der Waals surface area contributed by atoms with Crippen LogP contribution in [0.25, 0.3) is 0 Å². The van der Waals surface area contributed by atoms with E-state index in [1.54, 1.807) is 18.2 Å². The minimum absolute atomic E-state index is 0.266. The number of nitrogen functional groups attached to an aromatic ring is 1. The normalized spacial score (nSPS) is 10.0. The molecular formula is C16H15IN2O3. The van der Waals surface area contributed by atoms with Gasteiger partial charge in [-0.2, -0.15) is 0 Å². The number of rotatable bonds is 5. The van der Waals surface area contributed by atoms with E-state index in [1.807, 2.05) is 30.3 Å². The monoisotopic (exact) mass is 410 g/mol. The number of carbonyl (C=O) groups is 2. The molecular weight excluding hydrogens is 395 g/mol. The highest BCUT2D eigenvalue weighted by atomic mass is 127. The predicted molar refractivity (Wildman–Crippen MR) is 92.1 cm³/mol. The number of ether oxygens (including phenoxy) is 1. The molecule has 114 valence electrons. The maximum atomic E-state index is 11.9. The molecule has 0 spiro atoms. The summed E-state index contributed by atoms with van der Waals surface area (Å²) in [7, 11) is 0. The molecule has 0 saturated heterocycles. The molecule has 0 bridgehead atoms. The fourth-order valence-electron chi connectivity index (χ4n) is 1.76. The summed E-state index contributed by atoms with van der Waals surface area (Å²) in [5, 5.41) is 2.68. The van der Waals surface area contributed by atoms with Crippen molar-refractivity contribution < 1.29 is 14.3 Å². The fraction of sp³-hybridized carbons (Fsp3) is 0.125. The maximum absolute atomic E-state index is 11.9. The quantitative estimate of drug-likeness (QED) is 0.451. The van der Waals surface area contributed by atoms with Gasteiger partial charge in [0.05, 0.1) is 5.56 Å². The van der Waals surface area contributed by atoms with Crippen LogP contribution in [0.3, 0.4) is 0 Å². The van der Waals surface area contributed by atoms with Crippen molar-refractivity contribution in [2.45, 2.75) is 6.54 Å². The molecule has 0 aliphatic rings. The molecule has 0 aromatic heterocycles. The highest BCUT2D eigenvalue weighted by Crippen LogP contribution is 2.16. The molecule has 3 N–H and O–H groups in total.